The summed E-state index contributed by atoms with van der Waals surface area (Å²) in [5.41, 5.74) is 1.14. The topological polar surface area (TPSA) is 80.3 Å². The van der Waals surface area contributed by atoms with E-state index in [-0.39, 0.29) is 24.0 Å². The summed E-state index contributed by atoms with van der Waals surface area (Å²) in [5, 5.41) is 9.56. The molecule has 0 saturated heterocycles. The van der Waals surface area contributed by atoms with E-state index >= 15 is 0 Å². The van der Waals surface area contributed by atoms with Gasteiger partial charge >= 0.3 is 0 Å². The third-order valence-electron chi connectivity index (χ3n) is 3.85. The van der Waals surface area contributed by atoms with Crippen LogP contribution in [0.5, 0.6) is 5.75 Å². The molecule has 0 unspecified atom stereocenters. The van der Waals surface area contributed by atoms with Crippen molar-refractivity contribution >= 4 is 39.6 Å². The summed E-state index contributed by atoms with van der Waals surface area (Å²) in [7, 11) is 1.40. The van der Waals surface area contributed by atoms with Crippen molar-refractivity contribution in [2.24, 2.45) is 0 Å². The molecule has 0 aliphatic rings. The molecule has 28 heavy (non-hydrogen) atoms. The fraction of sp³-hybridized carbons (Fsp3) is 0.211. The van der Waals surface area contributed by atoms with Gasteiger partial charge in [-0.05, 0) is 29.6 Å². The molecular weight excluding hydrogens is 401 g/mol. The van der Waals surface area contributed by atoms with Crippen LogP contribution in [0, 0.1) is 5.82 Å². The molecule has 3 rings (SSSR count). The van der Waals surface area contributed by atoms with E-state index in [1.165, 1.54) is 48.8 Å². The average Bonchev–Trinajstić information content (AvgIpc) is 3.32. The number of thiazole rings is 1. The van der Waals surface area contributed by atoms with Gasteiger partial charge in [-0.2, -0.15) is 0 Å². The number of carbonyl (C=O) groups is 2. The number of thiophene rings is 1. The smallest absolute Gasteiger partial charge is 0.228 e. The number of hydrogen-bond acceptors (Lipinski definition) is 6. The summed E-state index contributed by atoms with van der Waals surface area (Å²) in [6.07, 6.45) is 0.0895. The molecule has 0 aliphatic carbocycles. The molecule has 2 aromatic heterocycles. The lowest BCUT2D eigenvalue weighted by molar-refractivity contribution is -0.120. The number of methoxy groups -OCH3 is 1. The number of ether oxygens (including phenoxy) is 1. The van der Waals surface area contributed by atoms with E-state index in [0.717, 1.165) is 4.88 Å². The molecule has 9 heteroatoms. The lowest BCUT2D eigenvalue weighted by atomic mass is 10.1. The van der Waals surface area contributed by atoms with Gasteiger partial charge in [0.25, 0.3) is 0 Å². The highest BCUT2D eigenvalue weighted by Crippen LogP contribution is 2.29. The molecule has 0 spiro atoms. The summed E-state index contributed by atoms with van der Waals surface area (Å²) >= 11 is 2.72. The van der Waals surface area contributed by atoms with Gasteiger partial charge in [0.05, 0.1) is 25.3 Å². The minimum Gasteiger partial charge on any atom is -0.494 e. The van der Waals surface area contributed by atoms with Crippen LogP contribution >= 0.6 is 22.7 Å². The maximum atomic E-state index is 13.9. The number of nitrogens with one attached hydrogen (secondary N) is 2. The molecule has 1 atom stereocenters. The van der Waals surface area contributed by atoms with Crippen molar-refractivity contribution in [1.82, 2.24) is 10.3 Å². The Morgan fingerprint density at radius 2 is 2.11 bits per heavy atom. The van der Waals surface area contributed by atoms with E-state index in [1.54, 1.807) is 11.4 Å². The fourth-order valence-electron chi connectivity index (χ4n) is 2.60. The Labute approximate surface area is 169 Å². The molecule has 0 saturated carbocycles. The Morgan fingerprint density at radius 3 is 2.75 bits per heavy atom. The SMILES string of the molecule is COc1ccc(-c2csc(NC(=O)C[C@H](NC(C)=O)c3cccs3)n2)cc1F. The van der Waals surface area contributed by atoms with Gasteiger partial charge in [0.15, 0.2) is 16.7 Å². The van der Waals surface area contributed by atoms with Crippen molar-refractivity contribution < 1.29 is 18.7 Å². The first-order valence-electron chi connectivity index (χ1n) is 8.36. The van der Waals surface area contributed by atoms with Gasteiger partial charge in [-0.25, -0.2) is 9.37 Å². The first kappa shape index (κ1) is 20.0. The van der Waals surface area contributed by atoms with Crippen LogP contribution in [0.15, 0.2) is 41.1 Å². The lowest BCUT2D eigenvalue weighted by Crippen LogP contribution is -2.29. The maximum absolute atomic E-state index is 13.9. The fourth-order valence-corrected chi connectivity index (χ4v) is 4.12. The van der Waals surface area contributed by atoms with E-state index in [2.05, 4.69) is 15.6 Å². The molecule has 0 fully saturated rings. The zero-order chi connectivity index (χ0) is 20.1. The van der Waals surface area contributed by atoms with Crippen LogP contribution in [-0.2, 0) is 9.59 Å². The van der Waals surface area contributed by atoms with Crippen molar-refractivity contribution in [1.29, 1.82) is 0 Å². The normalized spacial score (nSPS) is 11.7. The summed E-state index contributed by atoms with van der Waals surface area (Å²) in [4.78, 5) is 29.1. The lowest BCUT2D eigenvalue weighted by Gasteiger charge is -2.15. The highest BCUT2D eigenvalue weighted by atomic mass is 32.1. The Kier molecular flexibility index (Phi) is 6.37. The standard InChI is InChI=1S/C19H18FN3O3S2/c1-11(24)21-14(17-4-3-7-27-17)9-18(25)23-19-22-15(10-28-19)12-5-6-16(26-2)13(20)8-12/h3-8,10,14H,9H2,1-2H3,(H,21,24)(H,22,23,25)/t14-/m0/s1. The second-order valence-corrected chi connectivity index (χ2v) is 7.75. The molecule has 2 N–H and O–H groups in total. The highest BCUT2D eigenvalue weighted by Gasteiger charge is 2.19. The number of halogens is 1. The monoisotopic (exact) mass is 419 g/mol. The molecule has 0 aliphatic heterocycles. The average molecular weight is 420 g/mol. The Bertz CT molecular complexity index is 973. The molecule has 2 heterocycles. The Morgan fingerprint density at radius 1 is 1.29 bits per heavy atom. The molecule has 0 radical (unpaired) electrons. The third kappa shape index (κ3) is 4.93. The van der Waals surface area contributed by atoms with Crippen LogP contribution in [-0.4, -0.2) is 23.9 Å². The number of carbonyl (C=O) groups excluding carboxylic acids is 2. The molecule has 2 amide bonds. The number of amides is 2. The van der Waals surface area contributed by atoms with Crippen LogP contribution in [0.2, 0.25) is 0 Å². The van der Waals surface area contributed by atoms with Crippen LogP contribution in [0.1, 0.15) is 24.3 Å². The predicted octanol–water partition coefficient (Wildman–Crippen LogP) is 4.23. The van der Waals surface area contributed by atoms with Crippen LogP contribution < -0.4 is 15.4 Å². The summed E-state index contributed by atoms with van der Waals surface area (Å²) in [6, 6.07) is 7.91. The van der Waals surface area contributed by atoms with Gasteiger partial charge < -0.3 is 15.4 Å². The van der Waals surface area contributed by atoms with E-state index in [1.807, 2.05) is 17.5 Å². The van der Waals surface area contributed by atoms with Gasteiger partial charge in [0.1, 0.15) is 0 Å². The number of nitrogens with zero attached hydrogens (tertiary/aromatic N) is 1. The van der Waals surface area contributed by atoms with Crippen LogP contribution in [0.25, 0.3) is 11.3 Å². The van der Waals surface area contributed by atoms with Crippen molar-refractivity contribution in [3.8, 4) is 17.0 Å². The van der Waals surface area contributed by atoms with Crippen molar-refractivity contribution in [2.75, 3.05) is 12.4 Å². The Hall–Kier alpha value is -2.78. The maximum Gasteiger partial charge on any atom is 0.228 e. The van der Waals surface area contributed by atoms with E-state index in [0.29, 0.717) is 16.4 Å². The number of hydrogen-bond donors (Lipinski definition) is 2. The first-order chi connectivity index (χ1) is 13.5. The van der Waals surface area contributed by atoms with Crippen molar-refractivity contribution in [2.45, 2.75) is 19.4 Å². The minimum absolute atomic E-state index is 0.0895. The molecule has 6 nitrogen and oxygen atoms in total. The third-order valence-corrected chi connectivity index (χ3v) is 5.60. The number of rotatable bonds is 7. The van der Waals surface area contributed by atoms with Gasteiger partial charge in [0, 0.05) is 22.7 Å². The molecular formula is C19H18FN3O3S2. The first-order valence-corrected chi connectivity index (χ1v) is 10.1. The second-order valence-electron chi connectivity index (χ2n) is 5.91. The van der Waals surface area contributed by atoms with Gasteiger partial charge in [0.2, 0.25) is 11.8 Å². The summed E-state index contributed by atoms with van der Waals surface area (Å²) < 4.78 is 18.8. The minimum atomic E-state index is -0.479. The highest BCUT2D eigenvalue weighted by molar-refractivity contribution is 7.14. The zero-order valence-corrected chi connectivity index (χ0v) is 16.8. The number of aromatic nitrogens is 1. The van der Waals surface area contributed by atoms with E-state index in [9.17, 15) is 14.0 Å². The second kappa shape index (κ2) is 8.94. The largest absolute Gasteiger partial charge is 0.494 e. The molecule has 0 bridgehead atoms. The Balaban J connectivity index is 1.68. The van der Waals surface area contributed by atoms with E-state index in [4.69, 9.17) is 4.74 Å². The summed E-state index contributed by atoms with van der Waals surface area (Å²) in [5.74, 6) is -0.795. The van der Waals surface area contributed by atoms with Gasteiger partial charge in [-0.1, -0.05) is 6.07 Å². The predicted molar refractivity (Wildman–Crippen MR) is 108 cm³/mol. The van der Waals surface area contributed by atoms with Crippen LogP contribution in [0.4, 0.5) is 9.52 Å². The van der Waals surface area contributed by atoms with Crippen LogP contribution in [0.3, 0.4) is 0 Å². The quantitative estimate of drug-likeness (QED) is 0.601. The molecule has 1 aromatic carbocycles. The van der Waals surface area contributed by atoms with Gasteiger partial charge in [-0.3, -0.25) is 9.59 Å². The van der Waals surface area contributed by atoms with Crippen molar-refractivity contribution in [3.63, 3.8) is 0 Å². The molecule has 146 valence electrons. The zero-order valence-electron chi connectivity index (χ0n) is 15.2. The van der Waals surface area contributed by atoms with Gasteiger partial charge in [-0.15, -0.1) is 22.7 Å². The number of benzene rings is 1. The molecule has 3 aromatic rings. The summed E-state index contributed by atoms with van der Waals surface area (Å²) in [6.45, 7) is 1.42. The number of anilines is 1. The van der Waals surface area contributed by atoms with E-state index < -0.39 is 11.9 Å². The van der Waals surface area contributed by atoms with Crippen molar-refractivity contribution in [3.05, 3.63) is 51.8 Å².